The number of nitrogens with one attached hydrogen (secondary N) is 1. The molecule has 1 N–H and O–H groups in total. The third-order valence-corrected chi connectivity index (χ3v) is 5.39. The normalized spacial score (nSPS) is 10.8. The van der Waals surface area contributed by atoms with Crippen LogP contribution in [0.3, 0.4) is 0 Å². The monoisotopic (exact) mass is 365 g/mol. The van der Waals surface area contributed by atoms with Gasteiger partial charge < -0.3 is 10.1 Å². The van der Waals surface area contributed by atoms with E-state index in [4.69, 9.17) is 4.74 Å². The average molecular weight is 366 g/mol. The molecule has 0 amide bonds. The van der Waals surface area contributed by atoms with Crippen molar-refractivity contribution in [2.75, 3.05) is 30.8 Å². The Bertz CT molecular complexity index is 674. The third-order valence-electron chi connectivity index (χ3n) is 3.37. The standard InChI is InChI=1S/C17H23N3O2S2/c1-4-22-9-5-8-18-16-19-20-17(24-16)23-11-15(21)14-10-12(2)6-7-13(14)3/h6-7,10H,4-5,8-9,11H2,1-3H3,(H,18,19). The van der Waals surface area contributed by atoms with Crippen molar-refractivity contribution in [3.8, 4) is 0 Å². The number of ketones is 1. The van der Waals surface area contributed by atoms with E-state index in [9.17, 15) is 4.79 Å². The average Bonchev–Trinajstić information content (AvgIpc) is 3.02. The highest BCUT2D eigenvalue weighted by molar-refractivity contribution is 8.01. The molecule has 7 heteroatoms. The maximum absolute atomic E-state index is 12.4. The molecule has 24 heavy (non-hydrogen) atoms. The quantitative estimate of drug-likeness (QED) is 0.390. The van der Waals surface area contributed by atoms with E-state index in [1.807, 2.05) is 39.0 Å². The van der Waals surface area contributed by atoms with E-state index in [2.05, 4.69) is 15.5 Å². The van der Waals surface area contributed by atoms with E-state index in [1.165, 1.54) is 23.1 Å². The summed E-state index contributed by atoms with van der Waals surface area (Å²) in [7, 11) is 0. The molecule has 0 spiro atoms. The number of anilines is 1. The molecule has 0 radical (unpaired) electrons. The Kier molecular flexibility index (Phi) is 7.68. The first-order valence-electron chi connectivity index (χ1n) is 7.98. The molecule has 1 heterocycles. The maximum Gasteiger partial charge on any atom is 0.206 e. The first-order valence-corrected chi connectivity index (χ1v) is 9.78. The van der Waals surface area contributed by atoms with Gasteiger partial charge in [-0.1, -0.05) is 40.8 Å². The van der Waals surface area contributed by atoms with E-state index in [-0.39, 0.29) is 5.78 Å². The second-order valence-corrected chi connectivity index (χ2v) is 7.58. The van der Waals surface area contributed by atoms with Crippen molar-refractivity contribution in [3.05, 3.63) is 34.9 Å². The number of hydrogen-bond acceptors (Lipinski definition) is 7. The van der Waals surface area contributed by atoms with Crippen LogP contribution in [-0.2, 0) is 4.74 Å². The summed E-state index contributed by atoms with van der Waals surface area (Å²) < 4.78 is 6.09. The lowest BCUT2D eigenvalue weighted by atomic mass is 10.0. The van der Waals surface area contributed by atoms with Crippen LogP contribution in [0, 0.1) is 13.8 Å². The van der Waals surface area contributed by atoms with Gasteiger partial charge in [-0.25, -0.2) is 0 Å². The molecule has 5 nitrogen and oxygen atoms in total. The van der Waals surface area contributed by atoms with Gasteiger partial charge in [0.15, 0.2) is 10.1 Å². The predicted molar refractivity (Wildman–Crippen MR) is 100 cm³/mol. The molecule has 1 aromatic heterocycles. The topological polar surface area (TPSA) is 64.1 Å². The summed E-state index contributed by atoms with van der Waals surface area (Å²) in [6.45, 7) is 8.24. The van der Waals surface area contributed by atoms with E-state index in [1.54, 1.807) is 0 Å². The molecule has 0 aliphatic heterocycles. The zero-order valence-electron chi connectivity index (χ0n) is 14.3. The molecule has 1 aromatic carbocycles. The largest absolute Gasteiger partial charge is 0.382 e. The highest BCUT2D eigenvalue weighted by atomic mass is 32.2. The zero-order valence-corrected chi connectivity index (χ0v) is 15.9. The highest BCUT2D eigenvalue weighted by Gasteiger charge is 2.12. The fourth-order valence-corrected chi connectivity index (χ4v) is 3.76. The molecule has 0 aliphatic carbocycles. The number of carbonyl (C=O) groups is 1. The molecule has 0 saturated carbocycles. The number of rotatable bonds is 10. The Balaban J connectivity index is 1.80. The molecule has 2 rings (SSSR count). The second-order valence-electron chi connectivity index (χ2n) is 5.38. The maximum atomic E-state index is 12.4. The molecular weight excluding hydrogens is 342 g/mol. The Labute approximate surface area is 151 Å². The smallest absolute Gasteiger partial charge is 0.206 e. The van der Waals surface area contributed by atoms with Crippen LogP contribution in [0.5, 0.6) is 0 Å². The minimum absolute atomic E-state index is 0.127. The number of nitrogens with zero attached hydrogens (tertiary/aromatic N) is 2. The number of ether oxygens (including phenoxy) is 1. The summed E-state index contributed by atoms with van der Waals surface area (Å²) >= 11 is 2.91. The number of aromatic nitrogens is 2. The van der Waals surface area contributed by atoms with Crippen molar-refractivity contribution in [1.29, 1.82) is 0 Å². The van der Waals surface area contributed by atoms with Gasteiger partial charge in [-0.05, 0) is 38.8 Å². The van der Waals surface area contributed by atoms with Gasteiger partial charge >= 0.3 is 0 Å². The van der Waals surface area contributed by atoms with E-state index in [0.717, 1.165) is 52.3 Å². The fourth-order valence-electron chi connectivity index (χ4n) is 2.09. The number of carbonyl (C=O) groups excluding carboxylic acids is 1. The van der Waals surface area contributed by atoms with Gasteiger partial charge in [-0.15, -0.1) is 10.2 Å². The lowest BCUT2D eigenvalue weighted by Crippen LogP contribution is -2.05. The van der Waals surface area contributed by atoms with Crippen LogP contribution in [-0.4, -0.2) is 41.5 Å². The van der Waals surface area contributed by atoms with Gasteiger partial charge in [0, 0.05) is 25.3 Å². The molecule has 0 fully saturated rings. The lowest BCUT2D eigenvalue weighted by Gasteiger charge is -2.05. The number of hydrogen-bond donors (Lipinski definition) is 1. The highest BCUT2D eigenvalue weighted by Crippen LogP contribution is 2.26. The van der Waals surface area contributed by atoms with Crippen molar-refractivity contribution >= 4 is 34.0 Å². The minimum atomic E-state index is 0.127. The molecule has 130 valence electrons. The number of Topliss-reactive ketones (excluding diaryl/α,β-unsaturated/α-hetero) is 1. The Hall–Kier alpha value is -1.44. The van der Waals surface area contributed by atoms with Gasteiger partial charge in [0.2, 0.25) is 5.13 Å². The van der Waals surface area contributed by atoms with Crippen molar-refractivity contribution in [2.45, 2.75) is 31.5 Å². The van der Waals surface area contributed by atoms with Gasteiger partial charge in [-0.2, -0.15) is 0 Å². The molecule has 0 bridgehead atoms. The van der Waals surface area contributed by atoms with Crippen LogP contribution >= 0.6 is 23.1 Å². The number of benzene rings is 1. The summed E-state index contributed by atoms with van der Waals surface area (Å²) in [5.74, 6) is 0.506. The fraction of sp³-hybridized carbons (Fsp3) is 0.471. The Morgan fingerprint density at radius 3 is 2.96 bits per heavy atom. The van der Waals surface area contributed by atoms with Crippen LogP contribution in [0.2, 0.25) is 0 Å². The van der Waals surface area contributed by atoms with Crippen molar-refractivity contribution in [1.82, 2.24) is 10.2 Å². The second kappa shape index (κ2) is 9.76. The van der Waals surface area contributed by atoms with Gasteiger partial charge in [0.1, 0.15) is 0 Å². The van der Waals surface area contributed by atoms with E-state index < -0.39 is 0 Å². The predicted octanol–water partition coefficient (Wildman–Crippen LogP) is 3.97. The van der Waals surface area contributed by atoms with Crippen LogP contribution < -0.4 is 5.32 Å². The van der Waals surface area contributed by atoms with Crippen LogP contribution in [0.1, 0.15) is 34.8 Å². The lowest BCUT2D eigenvalue weighted by molar-refractivity contribution is 0.102. The Morgan fingerprint density at radius 1 is 1.33 bits per heavy atom. The van der Waals surface area contributed by atoms with Crippen LogP contribution in [0.4, 0.5) is 5.13 Å². The third kappa shape index (κ3) is 5.89. The van der Waals surface area contributed by atoms with E-state index in [0.29, 0.717) is 5.75 Å². The summed E-state index contributed by atoms with van der Waals surface area (Å²) in [5, 5.41) is 12.2. The first kappa shape index (κ1) is 18.9. The molecule has 0 unspecified atom stereocenters. The molecule has 0 aliphatic rings. The molecule has 0 saturated heterocycles. The summed E-state index contributed by atoms with van der Waals surface area (Å²) in [6.07, 6.45) is 0.932. The minimum Gasteiger partial charge on any atom is -0.382 e. The molecule has 0 atom stereocenters. The summed E-state index contributed by atoms with van der Waals surface area (Å²) in [6, 6.07) is 5.96. The summed E-state index contributed by atoms with van der Waals surface area (Å²) in [4.78, 5) is 12.4. The number of aryl methyl sites for hydroxylation is 2. The van der Waals surface area contributed by atoms with E-state index >= 15 is 0 Å². The van der Waals surface area contributed by atoms with Crippen molar-refractivity contribution in [3.63, 3.8) is 0 Å². The van der Waals surface area contributed by atoms with Gasteiger partial charge in [-0.3, -0.25) is 4.79 Å². The molecule has 2 aromatic rings. The summed E-state index contributed by atoms with van der Waals surface area (Å²) in [5.41, 5.74) is 2.91. The van der Waals surface area contributed by atoms with Crippen molar-refractivity contribution in [2.24, 2.45) is 0 Å². The molecular formula is C17H23N3O2S2. The Morgan fingerprint density at radius 2 is 2.17 bits per heavy atom. The van der Waals surface area contributed by atoms with Crippen LogP contribution in [0.15, 0.2) is 22.5 Å². The zero-order chi connectivity index (χ0) is 17.4. The SMILES string of the molecule is CCOCCCNc1nnc(SCC(=O)c2cc(C)ccc2C)s1. The van der Waals surface area contributed by atoms with Gasteiger partial charge in [0.05, 0.1) is 5.75 Å². The van der Waals surface area contributed by atoms with Crippen LogP contribution in [0.25, 0.3) is 0 Å². The van der Waals surface area contributed by atoms with Gasteiger partial charge in [0.25, 0.3) is 0 Å². The first-order chi connectivity index (χ1) is 11.6. The van der Waals surface area contributed by atoms with Crippen molar-refractivity contribution < 1.29 is 9.53 Å². The number of thioether (sulfide) groups is 1.